The van der Waals surface area contributed by atoms with Gasteiger partial charge in [-0.2, -0.15) is 5.26 Å². The third kappa shape index (κ3) is 4.59. The van der Waals surface area contributed by atoms with Gasteiger partial charge in [0.15, 0.2) is 0 Å². The summed E-state index contributed by atoms with van der Waals surface area (Å²) in [5, 5.41) is 12.0. The van der Waals surface area contributed by atoms with E-state index >= 15 is 0 Å². The highest BCUT2D eigenvalue weighted by molar-refractivity contribution is 5.78. The highest BCUT2D eigenvalue weighted by atomic mass is 16.5. The molecule has 2 heterocycles. The van der Waals surface area contributed by atoms with E-state index in [0.29, 0.717) is 25.3 Å². The summed E-state index contributed by atoms with van der Waals surface area (Å²) in [4.78, 5) is 18.0. The molecule has 0 bridgehead atoms. The first-order valence-corrected chi connectivity index (χ1v) is 7.80. The number of nitriles is 1. The van der Waals surface area contributed by atoms with Gasteiger partial charge in [-0.3, -0.25) is 4.79 Å². The molecule has 1 N–H and O–H groups in total. The highest BCUT2D eigenvalue weighted by Crippen LogP contribution is 2.17. The van der Waals surface area contributed by atoms with E-state index in [9.17, 15) is 4.79 Å². The molecular formula is C18H22N4O2. The molecule has 6 nitrogen and oxygen atoms in total. The first kappa shape index (κ1) is 17.5. The predicted molar refractivity (Wildman–Crippen MR) is 90.9 cm³/mol. The first-order chi connectivity index (χ1) is 11.4. The second-order valence-corrected chi connectivity index (χ2v) is 6.05. The number of nitrogens with one attached hydrogen (secondary N) is 1. The number of nitrogens with zero attached hydrogens (tertiary/aromatic N) is 3. The third-order valence-electron chi connectivity index (χ3n) is 3.87. The molecule has 0 aromatic carbocycles. The van der Waals surface area contributed by atoms with Crippen molar-refractivity contribution in [2.75, 3.05) is 13.7 Å². The minimum absolute atomic E-state index is 0.0466. The van der Waals surface area contributed by atoms with Crippen LogP contribution in [0.3, 0.4) is 0 Å². The predicted octanol–water partition coefficient (Wildman–Crippen LogP) is 2.15. The number of amides is 1. The van der Waals surface area contributed by atoms with Gasteiger partial charge in [-0.15, -0.1) is 0 Å². The zero-order chi connectivity index (χ0) is 17.6. The van der Waals surface area contributed by atoms with Crippen molar-refractivity contribution in [3.8, 4) is 11.9 Å². The van der Waals surface area contributed by atoms with Gasteiger partial charge < -0.3 is 15.0 Å². The number of carbonyl (C=O) groups excluding carboxylic acids is 1. The summed E-state index contributed by atoms with van der Waals surface area (Å²) >= 11 is 0. The molecule has 0 saturated heterocycles. The number of methoxy groups -OCH3 is 1. The average Bonchev–Trinajstić information content (AvgIpc) is 2.60. The van der Waals surface area contributed by atoms with Gasteiger partial charge in [0, 0.05) is 37.1 Å². The molecule has 0 unspecified atom stereocenters. The van der Waals surface area contributed by atoms with Crippen LogP contribution in [0.1, 0.15) is 25.8 Å². The summed E-state index contributed by atoms with van der Waals surface area (Å²) in [5.41, 5.74) is 1.20. The average molecular weight is 326 g/mol. The Morgan fingerprint density at radius 2 is 2.33 bits per heavy atom. The number of aryl methyl sites for hydroxylation is 1. The van der Waals surface area contributed by atoms with Crippen molar-refractivity contribution in [1.29, 1.82) is 5.26 Å². The third-order valence-corrected chi connectivity index (χ3v) is 3.87. The molecule has 1 aliphatic heterocycles. The lowest BCUT2D eigenvalue weighted by atomic mass is 10.0. The van der Waals surface area contributed by atoms with E-state index < -0.39 is 5.54 Å². The Kier molecular flexibility index (Phi) is 5.59. The SMILES string of the molecule is COc1cc(CCC(=O)NC2=CCN(C(C)(C)C#N)C=C2)ccn1. The van der Waals surface area contributed by atoms with E-state index in [1.54, 1.807) is 13.3 Å². The number of allylic oxidation sites excluding steroid dienone is 1. The van der Waals surface area contributed by atoms with Gasteiger partial charge in [-0.05, 0) is 44.1 Å². The molecular weight excluding hydrogens is 304 g/mol. The Bertz CT molecular complexity index is 701. The summed E-state index contributed by atoms with van der Waals surface area (Å²) in [6.07, 6.45) is 8.24. The lowest BCUT2D eigenvalue weighted by molar-refractivity contribution is -0.120. The monoisotopic (exact) mass is 326 g/mol. The van der Waals surface area contributed by atoms with E-state index in [4.69, 9.17) is 10.00 Å². The number of hydrogen-bond acceptors (Lipinski definition) is 5. The Morgan fingerprint density at radius 1 is 1.54 bits per heavy atom. The zero-order valence-corrected chi connectivity index (χ0v) is 14.2. The Balaban J connectivity index is 1.83. The van der Waals surface area contributed by atoms with Gasteiger partial charge in [0.05, 0.1) is 13.2 Å². The minimum atomic E-state index is -0.567. The van der Waals surface area contributed by atoms with Crippen molar-refractivity contribution >= 4 is 5.91 Å². The summed E-state index contributed by atoms with van der Waals surface area (Å²) in [6.45, 7) is 4.31. The van der Waals surface area contributed by atoms with E-state index in [0.717, 1.165) is 11.3 Å². The highest BCUT2D eigenvalue weighted by Gasteiger charge is 2.24. The van der Waals surface area contributed by atoms with Crippen molar-refractivity contribution in [3.05, 3.63) is 47.9 Å². The number of ether oxygens (including phenoxy) is 1. The second kappa shape index (κ2) is 7.64. The maximum atomic E-state index is 12.1. The van der Waals surface area contributed by atoms with Gasteiger partial charge in [0.1, 0.15) is 5.54 Å². The van der Waals surface area contributed by atoms with Crippen LogP contribution in [0.25, 0.3) is 0 Å². The van der Waals surface area contributed by atoms with Crippen molar-refractivity contribution < 1.29 is 9.53 Å². The second-order valence-electron chi connectivity index (χ2n) is 6.05. The molecule has 126 valence electrons. The molecule has 0 atom stereocenters. The quantitative estimate of drug-likeness (QED) is 0.866. The first-order valence-electron chi connectivity index (χ1n) is 7.80. The molecule has 0 fully saturated rings. The summed E-state index contributed by atoms with van der Waals surface area (Å²) < 4.78 is 5.07. The van der Waals surface area contributed by atoms with Gasteiger partial charge >= 0.3 is 0 Å². The fraction of sp³-hybridized carbons (Fsp3) is 0.389. The van der Waals surface area contributed by atoms with Crippen molar-refractivity contribution in [2.24, 2.45) is 0 Å². The van der Waals surface area contributed by atoms with Crippen molar-refractivity contribution in [2.45, 2.75) is 32.2 Å². The van der Waals surface area contributed by atoms with E-state index in [-0.39, 0.29) is 5.91 Å². The zero-order valence-electron chi connectivity index (χ0n) is 14.2. The largest absolute Gasteiger partial charge is 0.481 e. The van der Waals surface area contributed by atoms with Crippen LogP contribution in [-0.4, -0.2) is 35.0 Å². The normalized spacial score (nSPS) is 13.9. The van der Waals surface area contributed by atoms with Crippen molar-refractivity contribution in [1.82, 2.24) is 15.2 Å². The number of aromatic nitrogens is 1. The summed E-state index contributed by atoms with van der Waals surface area (Å²) in [7, 11) is 1.57. The van der Waals surface area contributed by atoms with Gasteiger partial charge in [0.2, 0.25) is 11.8 Å². The van der Waals surface area contributed by atoms with Gasteiger partial charge in [-0.25, -0.2) is 4.98 Å². The van der Waals surface area contributed by atoms with E-state index in [2.05, 4.69) is 16.4 Å². The minimum Gasteiger partial charge on any atom is -0.481 e. The van der Waals surface area contributed by atoms with Gasteiger partial charge in [-0.1, -0.05) is 0 Å². The lowest BCUT2D eigenvalue weighted by Crippen LogP contribution is -2.40. The lowest BCUT2D eigenvalue weighted by Gasteiger charge is -2.33. The molecule has 2 rings (SSSR count). The molecule has 1 aromatic rings. The Morgan fingerprint density at radius 3 is 2.96 bits per heavy atom. The van der Waals surface area contributed by atoms with Crippen molar-refractivity contribution in [3.63, 3.8) is 0 Å². The van der Waals surface area contributed by atoms with Crippen LogP contribution in [0.4, 0.5) is 0 Å². The van der Waals surface area contributed by atoms with E-state index in [1.165, 1.54) is 0 Å². The van der Waals surface area contributed by atoms with Crippen LogP contribution in [0.5, 0.6) is 5.88 Å². The number of hydrogen-bond donors (Lipinski definition) is 1. The summed E-state index contributed by atoms with van der Waals surface area (Å²) in [5.74, 6) is 0.501. The molecule has 0 radical (unpaired) electrons. The molecule has 1 aliphatic rings. The molecule has 0 aliphatic carbocycles. The van der Waals surface area contributed by atoms with Crippen LogP contribution in [0.15, 0.2) is 42.4 Å². The molecule has 1 amide bonds. The smallest absolute Gasteiger partial charge is 0.224 e. The maximum Gasteiger partial charge on any atom is 0.224 e. The number of rotatable bonds is 6. The molecule has 24 heavy (non-hydrogen) atoms. The fourth-order valence-electron chi connectivity index (χ4n) is 2.27. The van der Waals surface area contributed by atoms with Crippen LogP contribution in [0, 0.1) is 11.3 Å². The number of carbonyl (C=O) groups is 1. The Labute approximate surface area is 142 Å². The molecule has 0 saturated carbocycles. The van der Waals surface area contributed by atoms with Crippen LogP contribution >= 0.6 is 0 Å². The van der Waals surface area contributed by atoms with E-state index in [1.807, 2.05) is 49.2 Å². The summed E-state index contributed by atoms with van der Waals surface area (Å²) in [6, 6.07) is 5.96. The van der Waals surface area contributed by atoms with Crippen LogP contribution in [-0.2, 0) is 11.2 Å². The number of pyridine rings is 1. The van der Waals surface area contributed by atoms with Gasteiger partial charge in [0.25, 0.3) is 0 Å². The standard InChI is InChI=1S/C18H22N4O2/c1-18(2,13-19)22-10-7-15(8-11-22)21-16(23)5-4-14-6-9-20-17(12-14)24-3/h6-10,12H,4-5,11H2,1-3H3,(H,21,23). The molecule has 6 heteroatoms. The topological polar surface area (TPSA) is 78.2 Å². The van der Waals surface area contributed by atoms with Crippen LogP contribution in [0.2, 0.25) is 0 Å². The van der Waals surface area contributed by atoms with Crippen LogP contribution < -0.4 is 10.1 Å². The molecule has 1 aromatic heterocycles. The maximum absolute atomic E-state index is 12.1. The Hall–Kier alpha value is -2.81. The fourth-order valence-corrected chi connectivity index (χ4v) is 2.27. The molecule has 0 spiro atoms.